The van der Waals surface area contributed by atoms with Gasteiger partial charge in [-0.1, -0.05) is 6.07 Å². The first kappa shape index (κ1) is 14.8. The second-order valence-corrected chi connectivity index (χ2v) is 5.41. The van der Waals surface area contributed by atoms with E-state index in [0.29, 0.717) is 15.4 Å². The Hall–Kier alpha value is -2.59. The van der Waals surface area contributed by atoms with Gasteiger partial charge in [0.05, 0.1) is 17.3 Å². The Labute approximate surface area is 126 Å². The highest BCUT2D eigenvalue weighted by Gasteiger charge is 2.22. The Kier molecular flexibility index (Phi) is 4.40. The number of rotatable bonds is 4. The number of carbonyl (C=O) groups excluding carboxylic acids is 1. The van der Waals surface area contributed by atoms with E-state index in [1.165, 1.54) is 18.4 Å². The van der Waals surface area contributed by atoms with E-state index in [-0.39, 0.29) is 17.6 Å². The summed E-state index contributed by atoms with van der Waals surface area (Å²) in [5, 5.41) is 15.4. The first-order chi connectivity index (χ1) is 10.1. The van der Waals surface area contributed by atoms with Crippen molar-refractivity contribution in [2.24, 2.45) is 0 Å². The maximum absolute atomic E-state index is 12.0. The minimum Gasteiger partial charge on any atom is -0.396 e. The summed E-state index contributed by atoms with van der Waals surface area (Å²) in [4.78, 5) is 16.4. The fraction of sp³-hybridized carbons (Fsp3) is 0.214. The molecule has 1 amide bonds. The second kappa shape index (κ2) is 6.24. The second-order valence-electron chi connectivity index (χ2n) is 4.39. The van der Waals surface area contributed by atoms with Crippen LogP contribution in [-0.4, -0.2) is 17.9 Å². The number of nitrogens with two attached hydrogens (primary N) is 1. The largest absolute Gasteiger partial charge is 0.396 e. The molecule has 108 valence electrons. The van der Waals surface area contributed by atoms with Crippen LogP contribution in [0.25, 0.3) is 0 Å². The summed E-state index contributed by atoms with van der Waals surface area (Å²) in [6.45, 7) is 1.95. The molecule has 0 bridgehead atoms. The van der Waals surface area contributed by atoms with Crippen molar-refractivity contribution in [1.82, 2.24) is 10.3 Å². The molecule has 0 radical (unpaired) electrons. The van der Waals surface area contributed by atoms with Gasteiger partial charge in [0.1, 0.15) is 15.9 Å². The Morgan fingerprint density at radius 2 is 2.33 bits per heavy atom. The Morgan fingerprint density at radius 1 is 1.57 bits per heavy atom. The molecule has 0 aliphatic heterocycles. The maximum Gasteiger partial charge on any atom is 0.256 e. The normalized spacial score (nSPS) is 11.5. The zero-order valence-electron chi connectivity index (χ0n) is 11.7. The highest BCUT2D eigenvalue weighted by molar-refractivity contribution is 7.17. The molecule has 1 unspecified atom stereocenters. The molecular weight excluding hydrogens is 286 g/mol. The van der Waals surface area contributed by atoms with Crippen molar-refractivity contribution in [2.75, 3.05) is 18.1 Å². The van der Waals surface area contributed by atoms with Gasteiger partial charge in [0, 0.05) is 19.4 Å². The van der Waals surface area contributed by atoms with Gasteiger partial charge in [-0.15, -0.1) is 11.3 Å². The van der Waals surface area contributed by atoms with Crippen LogP contribution in [0.3, 0.4) is 0 Å². The molecule has 6 nitrogen and oxygen atoms in total. The summed E-state index contributed by atoms with van der Waals surface area (Å²) in [5.74, 6) is -0.314. The lowest BCUT2D eigenvalue weighted by Gasteiger charge is -2.15. The van der Waals surface area contributed by atoms with Crippen molar-refractivity contribution >= 4 is 27.9 Å². The molecule has 4 N–H and O–H groups in total. The number of hydrogen-bond donors (Lipinski definition) is 3. The fourth-order valence-corrected chi connectivity index (χ4v) is 2.89. The molecule has 2 rings (SSSR count). The lowest BCUT2D eigenvalue weighted by atomic mass is 10.1. The van der Waals surface area contributed by atoms with Crippen molar-refractivity contribution in [3.63, 3.8) is 0 Å². The zero-order chi connectivity index (χ0) is 15.4. The van der Waals surface area contributed by atoms with Crippen molar-refractivity contribution < 1.29 is 4.79 Å². The topological polar surface area (TPSA) is 104 Å². The third-order valence-electron chi connectivity index (χ3n) is 3.03. The molecule has 0 spiro atoms. The van der Waals surface area contributed by atoms with Crippen LogP contribution in [0.2, 0.25) is 0 Å². The van der Waals surface area contributed by atoms with E-state index in [2.05, 4.69) is 15.6 Å². The minimum absolute atomic E-state index is 0.0632. The molecule has 2 aromatic rings. The first-order valence-electron chi connectivity index (χ1n) is 6.29. The summed E-state index contributed by atoms with van der Waals surface area (Å²) in [7, 11) is 1.53. The molecule has 21 heavy (non-hydrogen) atoms. The number of nitriles is 1. The summed E-state index contributed by atoms with van der Waals surface area (Å²) < 4.78 is 0. The van der Waals surface area contributed by atoms with Crippen LogP contribution in [0.4, 0.5) is 10.7 Å². The van der Waals surface area contributed by atoms with Crippen LogP contribution >= 0.6 is 11.3 Å². The molecule has 0 saturated carbocycles. The van der Waals surface area contributed by atoms with Crippen LogP contribution < -0.4 is 16.4 Å². The van der Waals surface area contributed by atoms with E-state index < -0.39 is 0 Å². The van der Waals surface area contributed by atoms with Crippen LogP contribution in [0, 0.1) is 11.3 Å². The van der Waals surface area contributed by atoms with Gasteiger partial charge < -0.3 is 16.4 Å². The lowest BCUT2D eigenvalue weighted by molar-refractivity contribution is 0.0965. The van der Waals surface area contributed by atoms with Crippen LogP contribution in [-0.2, 0) is 0 Å². The molecule has 7 heteroatoms. The van der Waals surface area contributed by atoms with Gasteiger partial charge in [-0.25, -0.2) is 0 Å². The van der Waals surface area contributed by atoms with Gasteiger partial charge in [-0.2, -0.15) is 5.26 Å². The Morgan fingerprint density at radius 3 is 2.90 bits per heavy atom. The number of anilines is 2. The average molecular weight is 301 g/mol. The van der Waals surface area contributed by atoms with Gasteiger partial charge in [0.2, 0.25) is 0 Å². The highest BCUT2D eigenvalue weighted by atomic mass is 32.1. The lowest BCUT2D eigenvalue weighted by Crippen LogP contribution is -2.20. The number of thiophene rings is 1. The van der Waals surface area contributed by atoms with E-state index in [9.17, 15) is 4.79 Å². The van der Waals surface area contributed by atoms with Gasteiger partial charge in [0.25, 0.3) is 5.91 Å². The van der Waals surface area contributed by atoms with E-state index in [1.807, 2.05) is 25.1 Å². The minimum atomic E-state index is -0.314. The number of amides is 1. The van der Waals surface area contributed by atoms with Gasteiger partial charge in [-0.3, -0.25) is 9.78 Å². The van der Waals surface area contributed by atoms with Gasteiger partial charge in [-0.05, 0) is 18.6 Å². The number of carbonyl (C=O) groups is 1. The number of nitrogen functional groups attached to an aromatic ring is 1. The van der Waals surface area contributed by atoms with E-state index >= 15 is 0 Å². The Bertz CT molecular complexity index is 689. The Balaban J connectivity index is 2.36. The number of pyridine rings is 1. The highest BCUT2D eigenvalue weighted by Crippen LogP contribution is 2.37. The smallest absolute Gasteiger partial charge is 0.256 e. The SMILES string of the molecule is CNC(=O)c1c(NC(C)c2cccnc2)sc(C#N)c1N. The molecule has 0 aromatic carbocycles. The molecule has 0 aliphatic rings. The van der Waals surface area contributed by atoms with Crippen molar-refractivity contribution in [3.8, 4) is 6.07 Å². The van der Waals surface area contributed by atoms with Gasteiger partial charge in [0.15, 0.2) is 0 Å². The van der Waals surface area contributed by atoms with Crippen LogP contribution in [0.1, 0.15) is 33.8 Å². The quantitative estimate of drug-likeness (QED) is 0.802. The molecule has 2 aromatic heterocycles. The van der Waals surface area contributed by atoms with Crippen molar-refractivity contribution in [2.45, 2.75) is 13.0 Å². The number of nitrogens with one attached hydrogen (secondary N) is 2. The van der Waals surface area contributed by atoms with E-state index in [1.54, 1.807) is 12.4 Å². The van der Waals surface area contributed by atoms with E-state index in [0.717, 1.165) is 5.56 Å². The van der Waals surface area contributed by atoms with E-state index in [4.69, 9.17) is 11.0 Å². The molecule has 0 aliphatic carbocycles. The summed E-state index contributed by atoms with van der Waals surface area (Å²) in [5.41, 5.74) is 7.38. The van der Waals surface area contributed by atoms with Crippen LogP contribution in [0.15, 0.2) is 24.5 Å². The molecular formula is C14H15N5OS. The maximum atomic E-state index is 12.0. The molecule has 0 fully saturated rings. The van der Waals surface area contributed by atoms with Gasteiger partial charge >= 0.3 is 0 Å². The standard InChI is InChI=1S/C14H15N5OS/c1-8(9-4-3-5-18-7-9)19-14-11(13(20)17-2)12(16)10(6-15)21-14/h3-5,7-8,19H,16H2,1-2H3,(H,17,20). The summed E-state index contributed by atoms with van der Waals surface area (Å²) >= 11 is 1.17. The summed E-state index contributed by atoms with van der Waals surface area (Å²) in [6, 6.07) is 5.73. The molecule has 0 saturated heterocycles. The number of hydrogen-bond acceptors (Lipinski definition) is 6. The molecule has 2 heterocycles. The first-order valence-corrected chi connectivity index (χ1v) is 7.11. The summed E-state index contributed by atoms with van der Waals surface area (Å²) in [6.07, 6.45) is 3.45. The third-order valence-corrected chi connectivity index (χ3v) is 4.07. The van der Waals surface area contributed by atoms with Crippen LogP contribution in [0.5, 0.6) is 0 Å². The fourth-order valence-electron chi connectivity index (χ4n) is 1.89. The monoisotopic (exact) mass is 301 g/mol. The molecule has 1 atom stereocenters. The third kappa shape index (κ3) is 2.95. The van der Waals surface area contributed by atoms with Crippen molar-refractivity contribution in [3.05, 3.63) is 40.5 Å². The zero-order valence-corrected chi connectivity index (χ0v) is 12.5. The number of aromatic nitrogens is 1. The predicted octanol–water partition coefficient (Wildman–Crippen LogP) is 2.13. The number of nitrogens with zero attached hydrogens (tertiary/aromatic N) is 2. The average Bonchev–Trinajstić information content (AvgIpc) is 2.83. The van der Waals surface area contributed by atoms with Crippen molar-refractivity contribution in [1.29, 1.82) is 5.26 Å². The predicted molar refractivity (Wildman–Crippen MR) is 83.1 cm³/mol.